The number of methoxy groups -OCH3 is 1. The van der Waals surface area contributed by atoms with Crippen LogP contribution in [-0.2, 0) is 6.42 Å². The molecule has 0 heterocycles. The molecule has 0 fully saturated rings. The fraction of sp³-hybridized carbons (Fsp3) is 0.500. The molecule has 0 aliphatic heterocycles. The first kappa shape index (κ1) is 11.9. The first-order valence-electron chi connectivity index (χ1n) is 5.35. The van der Waals surface area contributed by atoms with Gasteiger partial charge in [-0.15, -0.1) is 0 Å². The Hall–Kier alpha value is -1.22. The highest BCUT2D eigenvalue weighted by Gasteiger charge is 2.00. The lowest BCUT2D eigenvalue weighted by molar-refractivity contribution is 0.417. The van der Waals surface area contributed by atoms with Crippen LogP contribution in [0.1, 0.15) is 18.4 Å². The smallest absolute Gasteiger partial charge is 0.141 e. The third-order valence-corrected chi connectivity index (χ3v) is 2.44. The largest absolute Gasteiger partial charge is 0.495 e. The van der Waals surface area contributed by atoms with E-state index in [4.69, 9.17) is 10.5 Å². The third-order valence-electron chi connectivity index (χ3n) is 2.44. The summed E-state index contributed by atoms with van der Waals surface area (Å²) in [5.74, 6) is 0.758. The number of hydrogen-bond acceptors (Lipinski definition) is 3. The Morgan fingerprint density at radius 3 is 2.73 bits per heavy atom. The van der Waals surface area contributed by atoms with Gasteiger partial charge in [-0.25, -0.2) is 0 Å². The second-order valence-electron chi connectivity index (χ2n) is 3.64. The number of aryl methyl sites for hydroxylation is 1. The fourth-order valence-electron chi connectivity index (χ4n) is 1.57. The van der Waals surface area contributed by atoms with Crippen molar-refractivity contribution in [2.45, 2.75) is 19.3 Å². The molecular formula is C12H20N2O. The standard InChI is InChI=1S/C12H20N2O/c1-14-8-4-3-5-10-6-7-12(15-2)11(13)9-10/h6-7,9,14H,3-5,8,13H2,1-2H3. The molecule has 15 heavy (non-hydrogen) atoms. The van der Waals surface area contributed by atoms with Crippen LogP contribution in [0.3, 0.4) is 0 Å². The topological polar surface area (TPSA) is 47.3 Å². The summed E-state index contributed by atoms with van der Waals surface area (Å²) >= 11 is 0. The molecule has 0 bridgehead atoms. The molecule has 0 aliphatic carbocycles. The molecule has 0 spiro atoms. The Bertz CT molecular complexity index is 300. The molecule has 3 nitrogen and oxygen atoms in total. The number of anilines is 1. The first-order valence-corrected chi connectivity index (χ1v) is 5.35. The van der Waals surface area contributed by atoms with Crippen molar-refractivity contribution in [3.8, 4) is 5.75 Å². The molecular weight excluding hydrogens is 188 g/mol. The number of nitrogens with two attached hydrogens (primary N) is 1. The summed E-state index contributed by atoms with van der Waals surface area (Å²) in [6.45, 7) is 1.08. The minimum Gasteiger partial charge on any atom is -0.495 e. The predicted molar refractivity (Wildman–Crippen MR) is 64.3 cm³/mol. The van der Waals surface area contributed by atoms with Gasteiger partial charge in [-0.2, -0.15) is 0 Å². The Balaban J connectivity index is 2.45. The minimum atomic E-state index is 0.726. The van der Waals surface area contributed by atoms with Crippen molar-refractivity contribution in [1.29, 1.82) is 0 Å². The maximum absolute atomic E-state index is 5.82. The van der Waals surface area contributed by atoms with Crippen LogP contribution >= 0.6 is 0 Å². The van der Waals surface area contributed by atoms with E-state index in [1.165, 1.54) is 18.4 Å². The molecule has 0 amide bonds. The summed E-state index contributed by atoms with van der Waals surface area (Å²) in [6.07, 6.45) is 3.46. The Morgan fingerprint density at radius 1 is 1.33 bits per heavy atom. The van der Waals surface area contributed by atoms with Crippen molar-refractivity contribution in [3.05, 3.63) is 23.8 Å². The zero-order valence-electron chi connectivity index (χ0n) is 9.55. The van der Waals surface area contributed by atoms with Crippen LogP contribution in [0.5, 0.6) is 5.75 Å². The van der Waals surface area contributed by atoms with Crippen molar-refractivity contribution < 1.29 is 4.74 Å². The Kier molecular flexibility index (Phi) is 4.98. The van der Waals surface area contributed by atoms with Gasteiger partial charge in [0.15, 0.2) is 0 Å². The SMILES string of the molecule is CNCCCCc1ccc(OC)c(N)c1. The van der Waals surface area contributed by atoms with E-state index in [9.17, 15) is 0 Å². The van der Waals surface area contributed by atoms with Crippen molar-refractivity contribution in [1.82, 2.24) is 5.32 Å². The van der Waals surface area contributed by atoms with Gasteiger partial charge in [0.25, 0.3) is 0 Å². The zero-order chi connectivity index (χ0) is 11.1. The minimum absolute atomic E-state index is 0.726. The lowest BCUT2D eigenvalue weighted by Gasteiger charge is -2.07. The van der Waals surface area contributed by atoms with E-state index in [1.54, 1.807) is 7.11 Å². The summed E-state index contributed by atoms with van der Waals surface area (Å²) in [4.78, 5) is 0. The first-order chi connectivity index (χ1) is 7.27. The maximum Gasteiger partial charge on any atom is 0.141 e. The Labute approximate surface area is 91.6 Å². The van der Waals surface area contributed by atoms with Gasteiger partial charge in [0.1, 0.15) is 5.75 Å². The number of hydrogen-bond donors (Lipinski definition) is 2. The summed E-state index contributed by atoms with van der Waals surface area (Å²) in [5, 5.41) is 3.14. The summed E-state index contributed by atoms with van der Waals surface area (Å²) < 4.78 is 5.11. The second kappa shape index (κ2) is 6.30. The van der Waals surface area contributed by atoms with E-state index >= 15 is 0 Å². The monoisotopic (exact) mass is 208 g/mol. The molecule has 1 aromatic rings. The van der Waals surface area contributed by atoms with Crippen molar-refractivity contribution >= 4 is 5.69 Å². The van der Waals surface area contributed by atoms with Crippen LogP contribution in [0.2, 0.25) is 0 Å². The van der Waals surface area contributed by atoms with Crippen LogP contribution in [0.15, 0.2) is 18.2 Å². The van der Waals surface area contributed by atoms with Gasteiger partial charge in [-0.3, -0.25) is 0 Å². The van der Waals surface area contributed by atoms with Gasteiger partial charge in [0, 0.05) is 0 Å². The maximum atomic E-state index is 5.82. The molecule has 84 valence electrons. The van der Waals surface area contributed by atoms with Crippen molar-refractivity contribution in [3.63, 3.8) is 0 Å². The number of nitrogens with one attached hydrogen (secondary N) is 1. The van der Waals surface area contributed by atoms with Crippen LogP contribution in [0.4, 0.5) is 5.69 Å². The summed E-state index contributed by atoms with van der Waals surface area (Å²) in [6, 6.07) is 6.01. The third kappa shape index (κ3) is 3.80. The average molecular weight is 208 g/mol. The van der Waals surface area contributed by atoms with Crippen LogP contribution in [0, 0.1) is 0 Å². The molecule has 0 atom stereocenters. The van der Waals surface area contributed by atoms with E-state index in [-0.39, 0.29) is 0 Å². The fourth-order valence-corrected chi connectivity index (χ4v) is 1.57. The molecule has 0 unspecified atom stereocenters. The molecule has 0 aromatic heterocycles. The van der Waals surface area contributed by atoms with Gasteiger partial charge in [-0.1, -0.05) is 6.07 Å². The summed E-state index contributed by atoms with van der Waals surface area (Å²) in [7, 11) is 3.61. The number of benzene rings is 1. The van der Waals surface area contributed by atoms with Crippen LogP contribution in [0.25, 0.3) is 0 Å². The highest BCUT2D eigenvalue weighted by molar-refractivity contribution is 5.54. The van der Waals surface area contributed by atoms with Crippen LogP contribution in [-0.4, -0.2) is 20.7 Å². The molecule has 1 rings (SSSR count). The van der Waals surface area contributed by atoms with E-state index in [0.29, 0.717) is 0 Å². The van der Waals surface area contributed by atoms with Gasteiger partial charge in [0.05, 0.1) is 12.8 Å². The molecule has 0 saturated carbocycles. The number of ether oxygens (including phenoxy) is 1. The van der Waals surface area contributed by atoms with E-state index in [0.717, 1.165) is 24.4 Å². The summed E-state index contributed by atoms with van der Waals surface area (Å²) in [5.41, 5.74) is 7.83. The van der Waals surface area contributed by atoms with E-state index in [2.05, 4.69) is 11.4 Å². The molecule has 0 radical (unpaired) electrons. The van der Waals surface area contributed by atoms with Crippen LogP contribution < -0.4 is 15.8 Å². The van der Waals surface area contributed by atoms with Gasteiger partial charge >= 0.3 is 0 Å². The molecule has 0 aliphatic rings. The Morgan fingerprint density at radius 2 is 2.13 bits per heavy atom. The van der Waals surface area contributed by atoms with Gasteiger partial charge < -0.3 is 15.8 Å². The molecule has 1 aromatic carbocycles. The highest BCUT2D eigenvalue weighted by atomic mass is 16.5. The van der Waals surface area contributed by atoms with Gasteiger partial charge in [0.2, 0.25) is 0 Å². The average Bonchev–Trinajstić information content (AvgIpc) is 2.25. The predicted octanol–water partition coefficient (Wildman–Crippen LogP) is 1.82. The highest BCUT2D eigenvalue weighted by Crippen LogP contribution is 2.22. The number of rotatable bonds is 6. The second-order valence-corrected chi connectivity index (χ2v) is 3.64. The van der Waals surface area contributed by atoms with E-state index in [1.807, 2.05) is 19.2 Å². The van der Waals surface area contributed by atoms with Crippen molar-refractivity contribution in [2.75, 3.05) is 26.4 Å². The molecule has 0 saturated heterocycles. The normalized spacial score (nSPS) is 10.3. The van der Waals surface area contributed by atoms with Crippen molar-refractivity contribution in [2.24, 2.45) is 0 Å². The number of nitrogen functional groups attached to an aromatic ring is 1. The van der Waals surface area contributed by atoms with E-state index < -0.39 is 0 Å². The quantitative estimate of drug-likeness (QED) is 0.554. The number of unbranched alkanes of at least 4 members (excludes halogenated alkanes) is 1. The lowest BCUT2D eigenvalue weighted by atomic mass is 10.1. The molecule has 3 N–H and O–H groups in total. The zero-order valence-corrected chi connectivity index (χ0v) is 9.55. The lowest BCUT2D eigenvalue weighted by Crippen LogP contribution is -2.07. The van der Waals surface area contributed by atoms with Gasteiger partial charge in [-0.05, 0) is 50.6 Å². The molecule has 3 heteroatoms.